The molecule has 0 saturated carbocycles. The van der Waals surface area contributed by atoms with Crippen molar-refractivity contribution >= 4 is 11.7 Å². The molecule has 0 unspecified atom stereocenters. The predicted octanol–water partition coefficient (Wildman–Crippen LogP) is 2.90. The maximum Gasteiger partial charge on any atom is 0.338 e. The maximum atomic E-state index is 13.6. The number of aromatic carboxylic acids is 1. The van der Waals surface area contributed by atoms with Crippen LogP contribution in [0, 0.1) is 5.82 Å². The number of rotatable bonds is 2. The van der Waals surface area contributed by atoms with Crippen LogP contribution in [0.5, 0.6) is 0 Å². The van der Waals surface area contributed by atoms with E-state index in [4.69, 9.17) is 5.11 Å². The SMILES string of the molecule is CC1(C)CCCN1c1ccc(C(=O)O)c(F)c1. The van der Waals surface area contributed by atoms with Gasteiger partial charge in [-0.1, -0.05) is 0 Å². The molecule has 1 saturated heterocycles. The van der Waals surface area contributed by atoms with Crippen LogP contribution in [0.2, 0.25) is 0 Å². The van der Waals surface area contributed by atoms with Crippen LogP contribution >= 0.6 is 0 Å². The molecule has 3 nitrogen and oxygen atoms in total. The molecule has 0 spiro atoms. The molecule has 1 aromatic carbocycles. The minimum absolute atomic E-state index is 0.0111. The van der Waals surface area contributed by atoms with E-state index in [2.05, 4.69) is 18.7 Å². The van der Waals surface area contributed by atoms with Crippen LogP contribution in [-0.2, 0) is 0 Å². The molecule has 0 atom stereocenters. The van der Waals surface area contributed by atoms with Gasteiger partial charge in [0, 0.05) is 17.8 Å². The minimum Gasteiger partial charge on any atom is -0.478 e. The predicted molar refractivity (Wildman–Crippen MR) is 64.0 cm³/mol. The molecule has 2 rings (SSSR count). The lowest BCUT2D eigenvalue weighted by Gasteiger charge is -2.33. The van der Waals surface area contributed by atoms with Crippen molar-refractivity contribution in [1.29, 1.82) is 0 Å². The molecule has 0 aliphatic carbocycles. The zero-order valence-corrected chi connectivity index (χ0v) is 10.0. The number of hydrogen-bond donors (Lipinski definition) is 1. The van der Waals surface area contributed by atoms with Crippen molar-refractivity contribution in [2.24, 2.45) is 0 Å². The monoisotopic (exact) mass is 237 g/mol. The Bertz CT molecular complexity index is 457. The fraction of sp³-hybridized carbons (Fsp3) is 0.462. The summed E-state index contributed by atoms with van der Waals surface area (Å²) in [4.78, 5) is 12.9. The van der Waals surface area contributed by atoms with E-state index in [9.17, 15) is 9.18 Å². The third kappa shape index (κ3) is 2.12. The summed E-state index contributed by atoms with van der Waals surface area (Å²) >= 11 is 0. The molecular weight excluding hydrogens is 221 g/mol. The van der Waals surface area contributed by atoms with Crippen LogP contribution in [0.3, 0.4) is 0 Å². The number of nitrogens with zero attached hydrogens (tertiary/aromatic N) is 1. The molecule has 0 amide bonds. The van der Waals surface area contributed by atoms with Crippen LogP contribution in [0.1, 0.15) is 37.0 Å². The summed E-state index contributed by atoms with van der Waals surface area (Å²) in [5.74, 6) is -1.90. The first-order valence-corrected chi connectivity index (χ1v) is 5.72. The molecule has 0 radical (unpaired) electrons. The molecule has 1 fully saturated rings. The Morgan fingerprint density at radius 1 is 1.47 bits per heavy atom. The van der Waals surface area contributed by atoms with E-state index in [-0.39, 0.29) is 11.1 Å². The van der Waals surface area contributed by atoms with E-state index in [1.807, 2.05) is 0 Å². The molecular formula is C13H16FNO2. The molecule has 0 bridgehead atoms. The van der Waals surface area contributed by atoms with Crippen molar-refractivity contribution < 1.29 is 14.3 Å². The Balaban J connectivity index is 2.35. The highest BCUT2D eigenvalue weighted by Crippen LogP contribution is 2.34. The number of halogens is 1. The molecule has 1 heterocycles. The standard InChI is InChI=1S/C13H16FNO2/c1-13(2)6-3-7-15(13)9-4-5-10(12(16)17)11(14)8-9/h4-5,8H,3,6-7H2,1-2H3,(H,16,17). The van der Waals surface area contributed by atoms with Gasteiger partial charge in [-0.15, -0.1) is 0 Å². The number of carboxylic acids is 1. The number of benzene rings is 1. The molecule has 92 valence electrons. The van der Waals surface area contributed by atoms with Gasteiger partial charge in [0.15, 0.2) is 0 Å². The Hall–Kier alpha value is -1.58. The average molecular weight is 237 g/mol. The minimum atomic E-state index is -1.23. The number of anilines is 1. The fourth-order valence-electron chi connectivity index (χ4n) is 2.43. The van der Waals surface area contributed by atoms with Crippen molar-refractivity contribution in [3.8, 4) is 0 Å². The van der Waals surface area contributed by atoms with Gasteiger partial charge in [-0.05, 0) is 44.9 Å². The lowest BCUT2D eigenvalue weighted by molar-refractivity contribution is 0.0692. The summed E-state index contributed by atoms with van der Waals surface area (Å²) in [7, 11) is 0. The number of carboxylic acid groups (broad SMARTS) is 1. The normalized spacial score (nSPS) is 18.4. The van der Waals surface area contributed by atoms with Gasteiger partial charge >= 0.3 is 5.97 Å². The number of carbonyl (C=O) groups is 1. The van der Waals surface area contributed by atoms with Gasteiger partial charge < -0.3 is 10.0 Å². The summed E-state index contributed by atoms with van der Waals surface area (Å²) in [6.45, 7) is 5.12. The molecule has 4 heteroatoms. The summed E-state index contributed by atoms with van der Waals surface area (Å²) < 4.78 is 13.6. The second-order valence-corrected chi connectivity index (χ2v) is 5.04. The maximum absolute atomic E-state index is 13.6. The van der Waals surface area contributed by atoms with E-state index in [0.29, 0.717) is 0 Å². The first-order valence-electron chi connectivity index (χ1n) is 5.72. The smallest absolute Gasteiger partial charge is 0.338 e. The van der Waals surface area contributed by atoms with E-state index in [1.54, 1.807) is 6.07 Å². The lowest BCUT2D eigenvalue weighted by atomic mass is 10.0. The van der Waals surface area contributed by atoms with Gasteiger partial charge in [-0.3, -0.25) is 0 Å². The van der Waals surface area contributed by atoms with E-state index >= 15 is 0 Å². The first-order chi connectivity index (χ1) is 7.92. The molecule has 0 aromatic heterocycles. The summed E-state index contributed by atoms with van der Waals surface area (Å²) in [6, 6.07) is 4.33. The van der Waals surface area contributed by atoms with Crippen molar-refractivity contribution in [3.63, 3.8) is 0 Å². The molecule has 1 N–H and O–H groups in total. The average Bonchev–Trinajstić information content (AvgIpc) is 2.57. The summed E-state index contributed by atoms with van der Waals surface area (Å²) in [5, 5.41) is 8.77. The lowest BCUT2D eigenvalue weighted by Crippen LogP contribution is -2.38. The van der Waals surface area contributed by atoms with Crippen molar-refractivity contribution in [3.05, 3.63) is 29.6 Å². The first kappa shape index (κ1) is 11.9. The molecule has 1 aromatic rings. The van der Waals surface area contributed by atoms with Gasteiger partial charge in [-0.2, -0.15) is 0 Å². The second kappa shape index (κ2) is 4.02. The van der Waals surface area contributed by atoms with E-state index < -0.39 is 11.8 Å². The summed E-state index contributed by atoms with van der Waals surface area (Å²) in [5.41, 5.74) is 0.498. The molecule has 1 aliphatic heterocycles. The highest BCUT2D eigenvalue weighted by molar-refractivity contribution is 5.88. The largest absolute Gasteiger partial charge is 0.478 e. The van der Waals surface area contributed by atoms with Crippen LogP contribution < -0.4 is 4.90 Å². The second-order valence-electron chi connectivity index (χ2n) is 5.04. The van der Waals surface area contributed by atoms with Gasteiger partial charge in [0.1, 0.15) is 5.82 Å². The highest BCUT2D eigenvalue weighted by atomic mass is 19.1. The Morgan fingerprint density at radius 2 is 2.18 bits per heavy atom. The van der Waals surface area contributed by atoms with Crippen LogP contribution in [0.25, 0.3) is 0 Å². The van der Waals surface area contributed by atoms with Gasteiger partial charge in [0.05, 0.1) is 5.56 Å². The third-order valence-corrected chi connectivity index (χ3v) is 3.40. The van der Waals surface area contributed by atoms with Crippen molar-refractivity contribution in [2.75, 3.05) is 11.4 Å². The third-order valence-electron chi connectivity index (χ3n) is 3.40. The van der Waals surface area contributed by atoms with Crippen LogP contribution in [0.15, 0.2) is 18.2 Å². The highest BCUT2D eigenvalue weighted by Gasteiger charge is 2.32. The molecule has 1 aliphatic rings. The topological polar surface area (TPSA) is 40.5 Å². The molecule has 17 heavy (non-hydrogen) atoms. The van der Waals surface area contributed by atoms with E-state index in [1.165, 1.54) is 12.1 Å². The van der Waals surface area contributed by atoms with Crippen LogP contribution in [-0.4, -0.2) is 23.2 Å². The quantitative estimate of drug-likeness (QED) is 0.859. The van der Waals surface area contributed by atoms with Gasteiger partial charge in [0.25, 0.3) is 0 Å². The van der Waals surface area contributed by atoms with Gasteiger partial charge in [0.2, 0.25) is 0 Å². The Labute approximate surface area is 99.9 Å². The number of hydrogen-bond acceptors (Lipinski definition) is 2. The van der Waals surface area contributed by atoms with Gasteiger partial charge in [-0.25, -0.2) is 9.18 Å². The Kier molecular flexibility index (Phi) is 2.81. The Morgan fingerprint density at radius 3 is 2.65 bits per heavy atom. The zero-order chi connectivity index (χ0) is 12.6. The van der Waals surface area contributed by atoms with Crippen LogP contribution in [0.4, 0.5) is 10.1 Å². The van der Waals surface area contributed by atoms with Crippen molar-refractivity contribution in [2.45, 2.75) is 32.2 Å². The fourth-order valence-corrected chi connectivity index (χ4v) is 2.43. The van der Waals surface area contributed by atoms with E-state index in [0.717, 1.165) is 25.1 Å². The van der Waals surface area contributed by atoms with Crippen molar-refractivity contribution in [1.82, 2.24) is 0 Å². The zero-order valence-electron chi connectivity index (χ0n) is 10.0. The summed E-state index contributed by atoms with van der Waals surface area (Å²) in [6.07, 6.45) is 2.14.